The molecule has 0 spiro atoms. The standard InChI is InChI=1S/C8H7ClN2O2/c9-6-1-2-7(11(12)13)5-3-4-10-8(5)6/h1-2,10H,3-4H2. The van der Waals surface area contributed by atoms with Gasteiger partial charge in [0, 0.05) is 12.6 Å². The Morgan fingerprint density at radius 2 is 2.31 bits per heavy atom. The van der Waals surface area contributed by atoms with Gasteiger partial charge in [0.1, 0.15) is 0 Å². The molecular formula is C8H7ClN2O2. The molecule has 5 heteroatoms. The molecule has 0 bridgehead atoms. The van der Waals surface area contributed by atoms with Gasteiger partial charge < -0.3 is 5.32 Å². The molecule has 0 unspecified atom stereocenters. The van der Waals surface area contributed by atoms with Crippen LogP contribution in [0.4, 0.5) is 11.4 Å². The zero-order chi connectivity index (χ0) is 9.42. The van der Waals surface area contributed by atoms with Gasteiger partial charge in [-0.3, -0.25) is 10.1 Å². The summed E-state index contributed by atoms with van der Waals surface area (Å²) < 4.78 is 0. The van der Waals surface area contributed by atoms with Crippen molar-refractivity contribution < 1.29 is 4.92 Å². The summed E-state index contributed by atoms with van der Waals surface area (Å²) in [5.41, 5.74) is 1.60. The number of hydrogen-bond acceptors (Lipinski definition) is 3. The molecule has 13 heavy (non-hydrogen) atoms. The van der Waals surface area contributed by atoms with Gasteiger partial charge >= 0.3 is 0 Å². The molecule has 0 saturated carbocycles. The van der Waals surface area contributed by atoms with Crippen LogP contribution >= 0.6 is 11.6 Å². The van der Waals surface area contributed by atoms with Crippen LogP contribution in [0.2, 0.25) is 5.02 Å². The molecule has 0 aromatic heterocycles. The third-order valence-electron chi connectivity index (χ3n) is 2.11. The molecule has 0 aliphatic carbocycles. The lowest BCUT2D eigenvalue weighted by Crippen LogP contribution is -1.93. The summed E-state index contributed by atoms with van der Waals surface area (Å²) >= 11 is 5.86. The highest BCUT2D eigenvalue weighted by molar-refractivity contribution is 6.33. The molecule has 1 heterocycles. The molecule has 4 nitrogen and oxygen atoms in total. The molecule has 2 rings (SSSR count). The van der Waals surface area contributed by atoms with Crippen molar-refractivity contribution in [3.8, 4) is 0 Å². The van der Waals surface area contributed by atoms with E-state index in [-0.39, 0.29) is 10.6 Å². The van der Waals surface area contributed by atoms with E-state index < -0.39 is 0 Å². The maximum absolute atomic E-state index is 10.6. The van der Waals surface area contributed by atoms with Crippen molar-refractivity contribution in [3.05, 3.63) is 32.8 Å². The SMILES string of the molecule is O=[N+]([O-])c1ccc(Cl)c2c1CCN2. The lowest BCUT2D eigenvalue weighted by Gasteiger charge is -2.02. The first-order chi connectivity index (χ1) is 6.20. The van der Waals surface area contributed by atoms with Gasteiger partial charge in [0.05, 0.1) is 21.2 Å². The predicted molar refractivity (Wildman–Crippen MR) is 50.3 cm³/mol. The third-order valence-corrected chi connectivity index (χ3v) is 2.43. The van der Waals surface area contributed by atoms with Crippen LogP contribution in [0.3, 0.4) is 0 Å². The van der Waals surface area contributed by atoms with Gasteiger partial charge in [-0.1, -0.05) is 11.6 Å². The molecule has 1 aromatic rings. The topological polar surface area (TPSA) is 55.2 Å². The van der Waals surface area contributed by atoms with Crippen LogP contribution < -0.4 is 5.32 Å². The summed E-state index contributed by atoms with van der Waals surface area (Å²) in [6.45, 7) is 0.722. The van der Waals surface area contributed by atoms with Crippen molar-refractivity contribution in [1.29, 1.82) is 0 Å². The van der Waals surface area contributed by atoms with E-state index in [1.165, 1.54) is 6.07 Å². The van der Waals surface area contributed by atoms with E-state index in [4.69, 9.17) is 11.6 Å². The summed E-state index contributed by atoms with van der Waals surface area (Å²) in [5, 5.41) is 14.2. The van der Waals surface area contributed by atoms with Gasteiger partial charge in [-0.2, -0.15) is 0 Å². The van der Waals surface area contributed by atoms with Gasteiger partial charge in [0.2, 0.25) is 0 Å². The molecule has 68 valence electrons. The van der Waals surface area contributed by atoms with E-state index in [0.717, 1.165) is 17.8 Å². The van der Waals surface area contributed by atoms with Crippen LogP contribution in [0.25, 0.3) is 0 Å². The Morgan fingerprint density at radius 1 is 1.54 bits per heavy atom. The Morgan fingerprint density at radius 3 is 3.00 bits per heavy atom. The van der Waals surface area contributed by atoms with Gasteiger partial charge in [0.25, 0.3) is 5.69 Å². The quantitative estimate of drug-likeness (QED) is 0.556. The number of anilines is 1. The molecule has 0 atom stereocenters. The minimum atomic E-state index is -0.373. The number of nitrogens with one attached hydrogen (secondary N) is 1. The first-order valence-corrected chi connectivity index (χ1v) is 4.27. The number of rotatable bonds is 1. The maximum Gasteiger partial charge on any atom is 0.274 e. The van der Waals surface area contributed by atoms with Crippen LogP contribution in [0.5, 0.6) is 0 Å². The first-order valence-electron chi connectivity index (χ1n) is 3.90. The summed E-state index contributed by atoms with van der Waals surface area (Å²) in [7, 11) is 0. The fourth-order valence-electron chi connectivity index (χ4n) is 1.54. The third kappa shape index (κ3) is 1.23. The lowest BCUT2D eigenvalue weighted by atomic mass is 10.1. The van der Waals surface area contributed by atoms with E-state index in [0.29, 0.717) is 11.4 Å². The van der Waals surface area contributed by atoms with E-state index in [1.807, 2.05) is 0 Å². The van der Waals surface area contributed by atoms with Gasteiger partial charge in [-0.05, 0) is 12.5 Å². The summed E-state index contributed by atoms with van der Waals surface area (Å²) in [6, 6.07) is 3.00. The number of nitrogens with zero attached hydrogens (tertiary/aromatic N) is 1. The molecular weight excluding hydrogens is 192 g/mol. The first kappa shape index (κ1) is 8.31. The molecule has 1 N–H and O–H groups in total. The van der Waals surface area contributed by atoms with Crippen molar-refractivity contribution >= 4 is 23.0 Å². The fourth-order valence-corrected chi connectivity index (χ4v) is 1.78. The van der Waals surface area contributed by atoms with E-state index in [9.17, 15) is 10.1 Å². The number of fused-ring (bicyclic) bond motifs is 1. The highest BCUT2D eigenvalue weighted by Gasteiger charge is 2.23. The van der Waals surface area contributed by atoms with Crippen molar-refractivity contribution in [2.45, 2.75) is 6.42 Å². The van der Waals surface area contributed by atoms with Crippen LogP contribution in [0.1, 0.15) is 5.56 Å². The smallest absolute Gasteiger partial charge is 0.274 e. The Bertz CT molecular complexity index is 379. The number of benzene rings is 1. The van der Waals surface area contributed by atoms with Crippen LogP contribution in [0.15, 0.2) is 12.1 Å². The number of halogens is 1. The zero-order valence-corrected chi connectivity index (χ0v) is 7.47. The normalized spacial score (nSPS) is 13.6. The van der Waals surface area contributed by atoms with Crippen molar-refractivity contribution in [2.24, 2.45) is 0 Å². The second-order valence-electron chi connectivity index (χ2n) is 2.85. The average molecular weight is 199 g/mol. The average Bonchev–Trinajstić information content (AvgIpc) is 2.53. The summed E-state index contributed by atoms with van der Waals surface area (Å²) in [5.74, 6) is 0. The number of nitro groups is 1. The minimum Gasteiger partial charge on any atom is -0.383 e. The molecule has 1 aliphatic rings. The second kappa shape index (κ2) is 2.88. The van der Waals surface area contributed by atoms with Gasteiger partial charge in [-0.15, -0.1) is 0 Å². The minimum absolute atomic E-state index is 0.157. The summed E-state index contributed by atoms with van der Waals surface area (Å²) in [4.78, 5) is 10.2. The molecule has 1 aliphatic heterocycles. The van der Waals surface area contributed by atoms with Crippen LogP contribution in [-0.2, 0) is 6.42 Å². The highest BCUT2D eigenvalue weighted by atomic mass is 35.5. The van der Waals surface area contributed by atoms with E-state index in [1.54, 1.807) is 6.07 Å². The monoisotopic (exact) mass is 198 g/mol. The highest BCUT2D eigenvalue weighted by Crippen LogP contribution is 2.36. The van der Waals surface area contributed by atoms with Gasteiger partial charge in [0.15, 0.2) is 0 Å². The maximum atomic E-state index is 10.6. The molecule has 0 fully saturated rings. The lowest BCUT2D eigenvalue weighted by molar-refractivity contribution is -0.385. The Kier molecular flexibility index (Phi) is 1.84. The second-order valence-corrected chi connectivity index (χ2v) is 3.26. The summed E-state index contributed by atoms with van der Waals surface area (Å²) in [6.07, 6.45) is 0.673. The van der Waals surface area contributed by atoms with Gasteiger partial charge in [-0.25, -0.2) is 0 Å². The molecule has 0 saturated heterocycles. The van der Waals surface area contributed by atoms with Crippen LogP contribution in [0, 0.1) is 10.1 Å². The van der Waals surface area contributed by atoms with E-state index >= 15 is 0 Å². The largest absolute Gasteiger partial charge is 0.383 e. The Balaban J connectivity index is 2.62. The predicted octanol–water partition coefficient (Wildman–Crippen LogP) is 2.22. The zero-order valence-electron chi connectivity index (χ0n) is 6.71. The molecule has 0 amide bonds. The van der Waals surface area contributed by atoms with Crippen molar-refractivity contribution in [2.75, 3.05) is 11.9 Å². The Hall–Kier alpha value is -1.29. The number of hydrogen-bond donors (Lipinski definition) is 1. The molecule has 0 radical (unpaired) electrons. The van der Waals surface area contributed by atoms with E-state index in [2.05, 4.69) is 5.32 Å². The fraction of sp³-hybridized carbons (Fsp3) is 0.250. The van der Waals surface area contributed by atoms with Crippen molar-refractivity contribution in [1.82, 2.24) is 0 Å². The number of nitro benzene ring substituents is 1. The molecule has 1 aromatic carbocycles. The Labute approximate surface area is 79.7 Å². The van der Waals surface area contributed by atoms with Crippen molar-refractivity contribution in [3.63, 3.8) is 0 Å². The van der Waals surface area contributed by atoms with Crippen LogP contribution in [-0.4, -0.2) is 11.5 Å².